The molecule has 0 aromatic heterocycles. The smallest absolute Gasteiger partial charge is 0.248 e. The van der Waals surface area contributed by atoms with Crippen molar-refractivity contribution in [3.05, 3.63) is 34.9 Å². The Hall–Kier alpha value is -1.39. The van der Waals surface area contributed by atoms with Crippen LogP contribution < -0.4 is 5.73 Å². The van der Waals surface area contributed by atoms with Crippen molar-refractivity contribution in [1.82, 2.24) is 4.90 Å². The minimum Gasteiger partial charge on any atom is -0.396 e. The van der Waals surface area contributed by atoms with E-state index in [1.54, 1.807) is 0 Å². The highest BCUT2D eigenvalue weighted by atomic mass is 16.2. The van der Waals surface area contributed by atoms with Crippen molar-refractivity contribution < 1.29 is 9.90 Å². The Bertz CT molecular complexity index is 474. The van der Waals surface area contributed by atoms with Crippen LogP contribution in [0.5, 0.6) is 0 Å². The summed E-state index contributed by atoms with van der Waals surface area (Å²) in [7, 11) is 0. The van der Waals surface area contributed by atoms with Crippen LogP contribution in [0.2, 0.25) is 0 Å². The molecule has 1 saturated heterocycles. The van der Waals surface area contributed by atoms with E-state index in [1.807, 2.05) is 25.1 Å². The lowest BCUT2D eigenvalue weighted by Crippen LogP contribution is -2.29. The molecule has 0 aliphatic carbocycles. The van der Waals surface area contributed by atoms with Crippen LogP contribution in [0.3, 0.4) is 0 Å². The van der Waals surface area contributed by atoms with Crippen molar-refractivity contribution in [2.45, 2.75) is 45.2 Å². The number of carbonyl (C=O) groups is 1. The van der Waals surface area contributed by atoms with E-state index in [0.717, 1.165) is 31.5 Å². The number of aliphatic hydroxyl groups is 1. The standard InChI is InChI=1S/C16H24N2O2/c1-12-10-13(16(17)20)6-7-14(12)11-18-8-2-4-15(18)5-3-9-19/h6-7,10,15,19H,2-5,8-9,11H2,1H3,(H2,17,20). The first-order valence-electron chi connectivity index (χ1n) is 7.36. The molecule has 1 unspecified atom stereocenters. The summed E-state index contributed by atoms with van der Waals surface area (Å²) >= 11 is 0. The van der Waals surface area contributed by atoms with E-state index in [1.165, 1.54) is 18.4 Å². The summed E-state index contributed by atoms with van der Waals surface area (Å²) in [5.41, 5.74) is 8.25. The van der Waals surface area contributed by atoms with Crippen LogP contribution in [-0.2, 0) is 6.54 Å². The molecule has 1 amide bonds. The number of benzene rings is 1. The second-order valence-corrected chi connectivity index (χ2v) is 5.64. The molecule has 0 radical (unpaired) electrons. The first-order valence-corrected chi connectivity index (χ1v) is 7.36. The molecule has 110 valence electrons. The molecule has 1 aromatic rings. The Morgan fingerprint density at radius 2 is 2.30 bits per heavy atom. The van der Waals surface area contributed by atoms with Crippen molar-refractivity contribution in [3.63, 3.8) is 0 Å². The normalized spacial score (nSPS) is 19.4. The number of hydrogen-bond donors (Lipinski definition) is 2. The second-order valence-electron chi connectivity index (χ2n) is 5.64. The highest BCUT2D eigenvalue weighted by Gasteiger charge is 2.24. The molecule has 1 aliphatic heterocycles. The zero-order valence-corrected chi connectivity index (χ0v) is 12.1. The summed E-state index contributed by atoms with van der Waals surface area (Å²) in [6.45, 7) is 4.34. The van der Waals surface area contributed by atoms with E-state index < -0.39 is 0 Å². The summed E-state index contributed by atoms with van der Waals surface area (Å²) in [5, 5.41) is 8.97. The Morgan fingerprint density at radius 3 is 2.95 bits per heavy atom. The van der Waals surface area contributed by atoms with Crippen LogP contribution in [-0.4, -0.2) is 35.1 Å². The average Bonchev–Trinajstić information content (AvgIpc) is 2.85. The first-order chi connectivity index (χ1) is 9.61. The Kier molecular flexibility index (Phi) is 5.15. The van der Waals surface area contributed by atoms with Crippen molar-refractivity contribution >= 4 is 5.91 Å². The van der Waals surface area contributed by atoms with Crippen LogP contribution >= 0.6 is 0 Å². The lowest BCUT2D eigenvalue weighted by atomic mass is 10.0. The van der Waals surface area contributed by atoms with E-state index in [0.29, 0.717) is 11.6 Å². The van der Waals surface area contributed by atoms with Gasteiger partial charge in [0, 0.05) is 24.8 Å². The third-order valence-corrected chi connectivity index (χ3v) is 4.20. The highest BCUT2D eigenvalue weighted by Crippen LogP contribution is 2.24. The number of rotatable bonds is 6. The Labute approximate surface area is 120 Å². The molecule has 0 spiro atoms. The minimum absolute atomic E-state index is 0.274. The van der Waals surface area contributed by atoms with Gasteiger partial charge in [-0.05, 0) is 62.4 Å². The summed E-state index contributed by atoms with van der Waals surface area (Å²) in [6.07, 6.45) is 4.39. The zero-order valence-electron chi connectivity index (χ0n) is 12.1. The second kappa shape index (κ2) is 6.86. The molecule has 1 fully saturated rings. The quantitative estimate of drug-likeness (QED) is 0.833. The number of primary amides is 1. The first kappa shape index (κ1) is 15.0. The number of likely N-dealkylation sites (tertiary alicyclic amines) is 1. The lowest BCUT2D eigenvalue weighted by Gasteiger charge is -2.25. The van der Waals surface area contributed by atoms with Gasteiger partial charge < -0.3 is 10.8 Å². The summed E-state index contributed by atoms with van der Waals surface area (Å²) in [6, 6.07) is 6.27. The molecule has 4 heteroatoms. The molecular formula is C16H24N2O2. The monoisotopic (exact) mass is 276 g/mol. The van der Waals surface area contributed by atoms with Gasteiger partial charge in [0.1, 0.15) is 0 Å². The maximum atomic E-state index is 11.2. The predicted octanol–water partition coefficient (Wildman–Crippen LogP) is 1.83. The van der Waals surface area contributed by atoms with Crippen LogP contribution in [0.15, 0.2) is 18.2 Å². The van der Waals surface area contributed by atoms with Gasteiger partial charge in [-0.25, -0.2) is 0 Å². The van der Waals surface area contributed by atoms with Crippen molar-refractivity contribution in [3.8, 4) is 0 Å². The van der Waals surface area contributed by atoms with Gasteiger partial charge in [0.25, 0.3) is 0 Å². The number of nitrogens with zero attached hydrogens (tertiary/aromatic N) is 1. The van der Waals surface area contributed by atoms with E-state index in [4.69, 9.17) is 10.8 Å². The van der Waals surface area contributed by atoms with Crippen LogP contribution in [0, 0.1) is 6.92 Å². The molecule has 0 saturated carbocycles. The molecule has 20 heavy (non-hydrogen) atoms. The van der Waals surface area contributed by atoms with Gasteiger partial charge in [-0.15, -0.1) is 0 Å². The maximum absolute atomic E-state index is 11.2. The summed E-state index contributed by atoms with van der Waals surface area (Å²) in [4.78, 5) is 13.7. The van der Waals surface area contributed by atoms with E-state index in [2.05, 4.69) is 4.90 Å². The molecule has 1 atom stereocenters. The average molecular weight is 276 g/mol. The fraction of sp³-hybridized carbons (Fsp3) is 0.562. The molecule has 3 N–H and O–H groups in total. The number of hydrogen-bond acceptors (Lipinski definition) is 3. The zero-order chi connectivity index (χ0) is 14.5. The van der Waals surface area contributed by atoms with Gasteiger partial charge >= 0.3 is 0 Å². The van der Waals surface area contributed by atoms with E-state index in [9.17, 15) is 4.79 Å². The molecular weight excluding hydrogens is 252 g/mol. The van der Waals surface area contributed by atoms with Gasteiger partial charge in [0.05, 0.1) is 0 Å². The lowest BCUT2D eigenvalue weighted by molar-refractivity contribution is 0.1000. The van der Waals surface area contributed by atoms with Gasteiger partial charge in [-0.2, -0.15) is 0 Å². The molecule has 2 rings (SSSR count). The third-order valence-electron chi connectivity index (χ3n) is 4.20. The highest BCUT2D eigenvalue weighted by molar-refractivity contribution is 5.93. The van der Waals surface area contributed by atoms with Crippen LogP contribution in [0.4, 0.5) is 0 Å². The molecule has 1 heterocycles. The number of aryl methyl sites for hydroxylation is 1. The summed E-state index contributed by atoms with van der Waals surface area (Å²) in [5.74, 6) is -0.373. The number of amides is 1. The van der Waals surface area contributed by atoms with E-state index in [-0.39, 0.29) is 12.5 Å². The van der Waals surface area contributed by atoms with E-state index >= 15 is 0 Å². The van der Waals surface area contributed by atoms with Crippen molar-refractivity contribution in [1.29, 1.82) is 0 Å². The molecule has 1 aliphatic rings. The maximum Gasteiger partial charge on any atom is 0.248 e. The predicted molar refractivity (Wildman–Crippen MR) is 79.4 cm³/mol. The number of aliphatic hydroxyl groups excluding tert-OH is 1. The van der Waals surface area contributed by atoms with Gasteiger partial charge in [0.2, 0.25) is 5.91 Å². The molecule has 4 nitrogen and oxygen atoms in total. The SMILES string of the molecule is Cc1cc(C(N)=O)ccc1CN1CCCC1CCCO. The minimum atomic E-state index is -0.373. The Balaban J connectivity index is 2.03. The Morgan fingerprint density at radius 1 is 1.50 bits per heavy atom. The van der Waals surface area contributed by atoms with Crippen LogP contribution in [0.1, 0.15) is 47.2 Å². The molecule has 1 aromatic carbocycles. The van der Waals surface area contributed by atoms with Gasteiger partial charge in [0.15, 0.2) is 0 Å². The van der Waals surface area contributed by atoms with Crippen molar-refractivity contribution in [2.75, 3.05) is 13.2 Å². The largest absolute Gasteiger partial charge is 0.396 e. The number of nitrogens with two attached hydrogens (primary N) is 1. The fourth-order valence-corrected chi connectivity index (χ4v) is 3.00. The van der Waals surface area contributed by atoms with Crippen molar-refractivity contribution in [2.24, 2.45) is 5.73 Å². The summed E-state index contributed by atoms with van der Waals surface area (Å²) < 4.78 is 0. The van der Waals surface area contributed by atoms with Crippen LogP contribution in [0.25, 0.3) is 0 Å². The molecule has 0 bridgehead atoms. The van der Waals surface area contributed by atoms with Gasteiger partial charge in [-0.3, -0.25) is 9.69 Å². The fourth-order valence-electron chi connectivity index (χ4n) is 3.00. The third kappa shape index (κ3) is 3.58. The number of carbonyl (C=O) groups excluding carboxylic acids is 1. The topological polar surface area (TPSA) is 66.6 Å². The van der Waals surface area contributed by atoms with Gasteiger partial charge in [-0.1, -0.05) is 6.07 Å².